The van der Waals surface area contributed by atoms with E-state index in [0.29, 0.717) is 6.54 Å². The minimum absolute atomic E-state index is 0.181. The van der Waals surface area contributed by atoms with Crippen molar-refractivity contribution < 1.29 is 13.2 Å². The quantitative estimate of drug-likeness (QED) is 0.802. The standard InChI is InChI=1S/C10H16F3N3/c1-4-5-6-16-8(7(2)3)9(14-15-16)10(11,12)13/h7H,4-6H2,1-3H3. The molecule has 0 saturated heterocycles. The summed E-state index contributed by atoms with van der Waals surface area (Å²) in [6.45, 7) is 5.91. The smallest absolute Gasteiger partial charge is 0.249 e. The first kappa shape index (κ1) is 13.0. The van der Waals surface area contributed by atoms with Gasteiger partial charge in [-0.1, -0.05) is 32.4 Å². The number of aryl methyl sites for hydroxylation is 1. The van der Waals surface area contributed by atoms with Crippen LogP contribution in [0.15, 0.2) is 0 Å². The Morgan fingerprint density at radius 2 is 1.94 bits per heavy atom. The molecule has 1 rings (SSSR count). The van der Waals surface area contributed by atoms with Gasteiger partial charge in [-0.15, -0.1) is 5.10 Å². The minimum Gasteiger partial charge on any atom is -0.249 e. The first-order valence-electron chi connectivity index (χ1n) is 5.38. The number of nitrogens with zero attached hydrogens (tertiary/aromatic N) is 3. The lowest BCUT2D eigenvalue weighted by molar-refractivity contribution is -0.142. The van der Waals surface area contributed by atoms with Crippen LogP contribution in [0.3, 0.4) is 0 Å². The predicted octanol–water partition coefficient (Wildman–Crippen LogP) is 3.22. The van der Waals surface area contributed by atoms with Crippen molar-refractivity contribution in [2.45, 2.75) is 52.3 Å². The highest BCUT2D eigenvalue weighted by Gasteiger charge is 2.39. The van der Waals surface area contributed by atoms with Crippen molar-refractivity contribution in [1.29, 1.82) is 0 Å². The maximum Gasteiger partial charge on any atom is 0.437 e. The molecular weight excluding hydrogens is 219 g/mol. The van der Waals surface area contributed by atoms with Crippen LogP contribution in [0.5, 0.6) is 0 Å². The Kier molecular flexibility index (Phi) is 3.93. The van der Waals surface area contributed by atoms with E-state index in [9.17, 15) is 13.2 Å². The van der Waals surface area contributed by atoms with Crippen molar-refractivity contribution in [3.05, 3.63) is 11.4 Å². The van der Waals surface area contributed by atoms with Gasteiger partial charge in [0.15, 0.2) is 5.69 Å². The summed E-state index contributed by atoms with van der Waals surface area (Å²) in [7, 11) is 0. The van der Waals surface area contributed by atoms with Crippen molar-refractivity contribution in [3.8, 4) is 0 Å². The molecule has 0 radical (unpaired) electrons. The van der Waals surface area contributed by atoms with Crippen LogP contribution in [0.4, 0.5) is 13.2 Å². The highest BCUT2D eigenvalue weighted by atomic mass is 19.4. The van der Waals surface area contributed by atoms with Gasteiger partial charge < -0.3 is 0 Å². The van der Waals surface area contributed by atoms with E-state index in [1.54, 1.807) is 13.8 Å². The predicted molar refractivity (Wildman–Crippen MR) is 54.0 cm³/mol. The van der Waals surface area contributed by atoms with E-state index in [1.807, 2.05) is 6.92 Å². The fraction of sp³-hybridized carbons (Fsp3) is 0.800. The van der Waals surface area contributed by atoms with Gasteiger partial charge >= 0.3 is 6.18 Å². The van der Waals surface area contributed by atoms with Crippen molar-refractivity contribution in [2.75, 3.05) is 0 Å². The van der Waals surface area contributed by atoms with Gasteiger partial charge in [0, 0.05) is 6.54 Å². The van der Waals surface area contributed by atoms with Crippen LogP contribution in [-0.2, 0) is 12.7 Å². The van der Waals surface area contributed by atoms with Crippen LogP contribution in [0.2, 0.25) is 0 Å². The maximum atomic E-state index is 12.6. The van der Waals surface area contributed by atoms with Crippen molar-refractivity contribution in [1.82, 2.24) is 15.0 Å². The Bertz CT molecular complexity index is 342. The summed E-state index contributed by atoms with van der Waals surface area (Å²) in [5.74, 6) is -0.233. The van der Waals surface area contributed by atoms with Crippen LogP contribution in [0, 0.1) is 0 Å². The van der Waals surface area contributed by atoms with Crippen LogP contribution >= 0.6 is 0 Å². The molecule has 0 saturated carbocycles. The zero-order valence-electron chi connectivity index (χ0n) is 9.67. The number of rotatable bonds is 4. The lowest BCUT2D eigenvalue weighted by Crippen LogP contribution is -2.13. The SMILES string of the molecule is CCCCn1nnc(C(F)(F)F)c1C(C)C. The summed E-state index contributed by atoms with van der Waals surface area (Å²) in [6.07, 6.45) is -2.69. The third-order valence-electron chi connectivity index (χ3n) is 2.31. The van der Waals surface area contributed by atoms with Gasteiger partial charge in [-0.25, -0.2) is 4.68 Å². The molecule has 92 valence electrons. The molecule has 0 aliphatic heterocycles. The summed E-state index contributed by atoms with van der Waals surface area (Å²) >= 11 is 0. The number of hydrogen-bond donors (Lipinski definition) is 0. The molecule has 0 atom stereocenters. The fourth-order valence-electron chi connectivity index (χ4n) is 1.57. The number of unbranched alkanes of at least 4 members (excludes halogenated alkanes) is 1. The van der Waals surface area contributed by atoms with Gasteiger partial charge in [-0.2, -0.15) is 13.2 Å². The second-order valence-corrected chi connectivity index (χ2v) is 4.05. The fourth-order valence-corrected chi connectivity index (χ4v) is 1.57. The molecule has 0 bridgehead atoms. The summed E-state index contributed by atoms with van der Waals surface area (Å²) in [5, 5.41) is 6.84. The molecule has 0 fully saturated rings. The molecule has 0 amide bonds. The lowest BCUT2D eigenvalue weighted by Gasteiger charge is -2.12. The van der Waals surface area contributed by atoms with E-state index in [0.717, 1.165) is 12.8 Å². The third kappa shape index (κ3) is 2.74. The van der Waals surface area contributed by atoms with Crippen LogP contribution in [0.25, 0.3) is 0 Å². The highest BCUT2D eigenvalue weighted by molar-refractivity contribution is 5.17. The van der Waals surface area contributed by atoms with E-state index in [4.69, 9.17) is 0 Å². The average Bonchev–Trinajstić information content (AvgIpc) is 2.57. The molecule has 6 heteroatoms. The highest BCUT2D eigenvalue weighted by Crippen LogP contribution is 2.33. The molecule has 0 spiro atoms. The Morgan fingerprint density at radius 1 is 1.31 bits per heavy atom. The van der Waals surface area contributed by atoms with E-state index in [-0.39, 0.29) is 11.6 Å². The second-order valence-electron chi connectivity index (χ2n) is 4.05. The van der Waals surface area contributed by atoms with Crippen molar-refractivity contribution >= 4 is 0 Å². The summed E-state index contributed by atoms with van der Waals surface area (Å²) < 4.78 is 39.3. The van der Waals surface area contributed by atoms with Gasteiger partial charge in [-0.05, 0) is 12.3 Å². The van der Waals surface area contributed by atoms with Crippen LogP contribution in [0.1, 0.15) is 50.9 Å². The Balaban J connectivity index is 3.07. The van der Waals surface area contributed by atoms with Gasteiger partial charge in [0.1, 0.15) is 0 Å². The minimum atomic E-state index is -4.41. The zero-order valence-corrected chi connectivity index (χ0v) is 9.67. The van der Waals surface area contributed by atoms with Gasteiger partial charge in [0.05, 0.1) is 5.69 Å². The van der Waals surface area contributed by atoms with E-state index < -0.39 is 11.9 Å². The molecular formula is C10H16F3N3. The molecule has 0 aromatic carbocycles. The summed E-state index contributed by atoms with van der Waals surface area (Å²) in [5.41, 5.74) is -0.667. The van der Waals surface area contributed by atoms with Crippen molar-refractivity contribution in [2.24, 2.45) is 0 Å². The van der Waals surface area contributed by atoms with Gasteiger partial charge in [-0.3, -0.25) is 0 Å². The van der Waals surface area contributed by atoms with E-state index in [1.165, 1.54) is 4.68 Å². The summed E-state index contributed by atoms with van der Waals surface area (Å²) in [4.78, 5) is 0. The molecule has 0 aliphatic rings. The Hall–Kier alpha value is -1.07. The zero-order chi connectivity index (χ0) is 12.3. The lowest BCUT2D eigenvalue weighted by atomic mass is 10.1. The van der Waals surface area contributed by atoms with Gasteiger partial charge in [0.25, 0.3) is 0 Å². The third-order valence-corrected chi connectivity index (χ3v) is 2.31. The number of aromatic nitrogens is 3. The molecule has 0 N–H and O–H groups in total. The Morgan fingerprint density at radius 3 is 2.38 bits per heavy atom. The van der Waals surface area contributed by atoms with Gasteiger partial charge in [0.2, 0.25) is 0 Å². The van der Waals surface area contributed by atoms with Crippen LogP contribution in [-0.4, -0.2) is 15.0 Å². The molecule has 0 aliphatic carbocycles. The first-order chi connectivity index (χ1) is 7.38. The first-order valence-corrected chi connectivity index (χ1v) is 5.38. The van der Waals surface area contributed by atoms with E-state index in [2.05, 4.69) is 10.3 Å². The molecule has 1 aromatic heterocycles. The monoisotopic (exact) mass is 235 g/mol. The van der Waals surface area contributed by atoms with Crippen molar-refractivity contribution in [3.63, 3.8) is 0 Å². The molecule has 3 nitrogen and oxygen atoms in total. The van der Waals surface area contributed by atoms with Crippen LogP contribution < -0.4 is 0 Å². The second kappa shape index (κ2) is 4.84. The molecule has 1 aromatic rings. The molecule has 0 unspecified atom stereocenters. The molecule has 1 heterocycles. The Labute approximate surface area is 92.6 Å². The normalized spacial score (nSPS) is 12.4. The maximum absolute atomic E-state index is 12.6. The van der Waals surface area contributed by atoms with E-state index >= 15 is 0 Å². The largest absolute Gasteiger partial charge is 0.437 e. The topological polar surface area (TPSA) is 30.7 Å². The number of halogens is 3. The number of hydrogen-bond acceptors (Lipinski definition) is 2. The summed E-state index contributed by atoms with van der Waals surface area (Å²) in [6, 6.07) is 0. The number of alkyl halides is 3. The molecule has 16 heavy (non-hydrogen) atoms. The average molecular weight is 235 g/mol.